The molecule has 0 aromatic carbocycles. The molecule has 13 heavy (non-hydrogen) atoms. The van der Waals surface area contributed by atoms with E-state index < -0.39 is 10.0 Å². The van der Waals surface area contributed by atoms with Crippen molar-refractivity contribution >= 4 is 38.2 Å². The number of thioether (sulfide) groups is 1. The third-order valence-electron chi connectivity index (χ3n) is 1.58. The van der Waals surface area contributed by atoms with Crippen LogP contribution >= 0.6 is 23.1 Å². The van der Waals surface area contributed by atoms with Gasteiger partial charge in [-0.1, -0.05) is 6.92 Å². The molecule has 0 bridgehead atoms. The maximum Gasteiger partial charge on any atom is 0.293 e. The van der Waals surface area contributed by atoms with Crippen molar-refractivity contribution in [2.45, 2.75) is 11.1 Å². The van der Waals surface area contributed by atoms with Crippen LogP contribution in [0.2, 0.25) is 0 Å². The smallest absolute Gasteiger partial charge is 0.198 e. The summed E-state index contributed by atoms with van der Waals surface area (Å²) in [6.45, 7) is 1.98. The minimum Gasteiger partial charge on any atom is -0.198 e. The molecule has 0 spiro atoms. The highest BCUT2D eigenvalue weighted by molar-refractivity contribution is 8.15. The molecule has 0 amide bonds. The van der Waals surface area contributed by atoms with Gasteiger partial charge in [0.2, 0.25) is 0 Å². The van der Waals surface area contributed by atoms with Gasteiger partial charge in [0.05, 0.1) is 0 Å². The van der Waals surface area contributed by atoms with E-state index >= 15 is 0 Å². The van der Waals surface area contributed by atoms with Crippen molar-refractivity contribution in [2.24, 2.45) is 4.40 Å². The Morgan fingerprint density at radius 3 is 3.08 bits per heavy atom. The van der Waals surface area contributed by atoms with Crippen LogP contribution < -0.4 is 0 Å². The zero-order valence-corrected chi connectivity index (χ0v) is 9.30. The lowest BCUT2D eigenvalue weighted by molar-refractivity contribution is 0.601. The highest BCUT2D eigenvalue weighted by atomic mass is 32.2. The van der Waals surface area contributed by atoms with Crippen molar-refractivity contribution < 1.29 is 8.42 Å². The van der Waals surface area contributed by atoms with Gasteiger partial charge in [0.15, 0.2) is 4.21 Å². The first-order valence-corrected chi connectivity index (χ1v) is 7.01. The summed E-state index contributed by atoms with van der Waals surface area (Å²) in [5.74, 6) is 0.837. The highest BCUT2D eigenvalue weighted by Gasteiger charge is 2.29. The number of sulfonamides is 1. The van der Waals surface area contributed by atoms with Crippen molar-refractivity contribution in [3.05, 3.63) is 17.0 Å². The van der Waals surface area contributed by atoms with Gasteiger partial charge in [-0.25, -0.2) is 0 Å². The Morgan fingerprint density at radius 1 is 1.62 bits per heavy atom. The zero-order chi connectivity index (χ0) is 9.47. The number of rotatable bonds is 1. The van der Waals surface area contributed by atoms with Crippen molar-refractivity contribution in [1.29, 1.82) is 0 Å². The largest absolute Gasteiger partial charge is 0.293 e. The first-order valence-electron chi connectivity index (χ1n) is 3.71. The topological polar surface area (TPSA) is 46.5 Å². The number of hydrogen-bond acceptors (Lipinski definition) is 4. The average Bonchev–Trinajstić information content (AvgIpc) is 2.57. The van der Waals surface area contributed by atoms with Crippen LogP contribution in [-0.2, 0) is 10.0 Å². The minimum absolute atomic E-state index is 0.392. The molecule has 0 aliphatic carbocycles. The monoisotopic (exact) mass is 233 g/mol. The molecule has 0 radical (unpaired) electrons. The van der Waals surface area contributed by atoms with Gasteiger partial charge in [-0.2, -0.15) is 12.8 Å². The molecule has 2 heterocycles. The van der Waals surface area contributed by atoms with Crippen molar-refractivity contribution in [3.8, 4) is 0 Å². The fourth-order valence-corrected chi connectivity index (χ4v) is 4.55. The molecule has 1 aromatic rings. The van der Waals surface area contributed by atoms with Crippen LogP contribution in [0.1, 0.15) is 12.5 Å². The first-order chi connectivity index (χ1) is 6.15. The van der Waals surface area contributed by atoms with E-state index in [-0.39, 0.29) is 0 Å². The molecule has 0 saturated heterocycles. The van der Waals surface area contributed by atoms with Crippen LogP contribution in [0.5, 0.6) is 0 Å². The summed E-state index contributed by atoms with van der Waals surface area (Å²) in [5.41, 5.74) is 0.775. The zero-order valence-electron chi connectivity index (χ0n) is 6.85. The van der Waals surface area contributed by atoms with E-state index in [0.29, 0.717) is 9.25 Å². The average molecular weight is 233 g/mol. The standard InChI is InChI=1S/C7H7NO2S3/c1-2-11-6-5-3-4-12-7(5)13(9,10)8-6/h3-4H,2H2,1H3. The Morgan fingerprint density at radius 2 is 2.38 bits per heavy atom. The summed E-state index contributed by atoms with van der Waals surface area (Å²) < 4.78 is 26.9. The fraction of sp³-hybridized carbons (Fsp3) is 0.286. The lowest BCUT2D eigenvalue weighted by Crippen LogP contribution is -1.88. The van der Waals surface area contributed by atoms with Crippen LogP contribution in [0, 0.1) is 0 Å². The van der Waals surface area contributed by atoms with Gasteiger partial charge in [-0.3, -0.25) is 0 Å². The molecule has 1 aliphatic rings. The van der Waals surface area contributed by atoms with E-state index in [4.69, 9.17) is 0 Å². The molecular formula is C7H7NO2S3. The third-order valence-corrected chi connectivity index (χ3v) is 5.31. The van der Waals surface area contributed by atoms with E-state index in [1.165, 1.54) is 23.1 Å². The van der Waals surface area contributed by atoms with Crippen molar-refractivity contribution in [3.63, 3.8) is 0 Å². The summed E-state index contributed by atoms with van der Waals surface area (Å²) in [5, 5.41) is 2.42. The maximum absolute atomic E-state index is 11.4. The summed E-state index contributed by atoms with van der Waals surface area (Å²) in [6, 6.07) is 1.81. The lowest BCUT2D eigenvalue weighted by atomic mass is 10.4. The highest BCUT2D eigenvalue weighted by Crippen LogP contribution is 2.34. The van der Waals surface area contributed by atoms with E-state index in [0.717, 1.165) is 11.3 Å². The van der Waals surface area contributed by atoms with Gasteiger partial charge in [0.1, 0.15) is 5.04 Å². The van der Waals surface area contributed by atoms with Gasteiger partial charge >= 0.3 is 0 Å². The molecule has 1 aliphatic heterocycles. The molecule has 3 nitrogen and oxygen atoms in total. The number of fused-ring (bicyclic) bond motifs is 1. The van der Waals surface area contributed by atoms with E-state index in [1.54, 1.807) is 5.38 Å². The molecule has 6 heteroatoms. The molecule has 1 aromatic heterocycles. The van der Waals surface area contributed by atoms with Crippen LogP contribution in [-0.4, -0.2) is 19.2 Å². The SMILES string of the molecule is CCSC1=NS(=O)(=O)c2sccc21. The minimum atomic E-state index is -3.35. The molecular weight excluding hydrogens is 226 g/mol. The summed E-state index contributed by atoms with van der Waals surface area (Å²) in [4.78, 5) is 0. The van der Waals surface area contributed by atoms with Crippen molar-refractivity contribution in [2.75, 3.05) is 5.75 Å². The van der Waals surface area contributed by atoms with E-state index in [9.17, 15) is 8.42 Å². The van der Waals surface area contributed by atoms with Crippen LogP contribution in [0.3, 0.4) is 0 Å². The quantitative estimate of drug-likeness (QED) is 0.745. The number of hydrogen-bond donors (Lipinski definition) is 0. The Hall–Kier alpha value is -0.330. The normalized spacial score (nSPS) is 18.4. The molecule has 0 fully saturated rings. The molecule has 0 saturated carbocycles. The van der Waals surface area contributed by atoms with Crippen LogP contribution in [0.25, 0.3) is 0 Å². The van der Waals surface area contributed by atoms with Gasteiger partial charge in [0, 0.05) is 5.56 Å². The second-order valence-corrected chi connectivity index (χ2v) is 6.39. The van der Waals surface area contributed by atoms with Gasteiger partial charge in [0.25, 0.3) is 10.0 Å². The summed E-state index contributed by atoms with van der Waals surface area (Å²) >= 11 is 2.70. The van der Waals surface area contributed by atoms with Gasteiger partial charge < -0.3 is 0 Å². The Labute approximate surface area is 84.9 Å². The summed E-state index contributed by atoms with van der Waals surface area (Å²) in [6.07, 6.45) is 0. The second kappa shape index (κ2) is 3.11. The van der Waals surface area contributed by atoms with E-state index in [1.807, 2.05) is 13.0 Å². The fourth-order valence-electron chi connectivity index (χ4n) is 1.09. The predicted molar refractivity (Wildman–Crippen MR) is 56.2 cm³/mol. The molecule has 0 atom stereocenters. The molecule has 70 valence electrons. The molecule has 0 unspecified atom stereocenters. The van der Waals surface area contributed by atoms with E-state index in [2.05, 4.69) is 4.40 Å². The second-order valence-electron chi connectivity index (χ2n) is 2.43. The van der Waals surface area contributed by atoms with Crippen LogP contribution in [0.15, 0.2) is 20.1 Å². The van der Waals surface area contributed by atoms with Crippen molar-refractivity contribution in [1.82, 2.24) is 0 Å². The van der Waals surface area contributed by atoms with Crippen LogP contribution in [0.4, 0.5) is 0 Å². The lowest BCUT2D eigenvalue weighted by Gasteiger charge is -1.92. The summed E-state index contributed by atoms with van der Waals surface area (Å²) in [7, 11) is -3.35. The Balaban J connectivity index is 2.57. The maximum atomic E-state index is 11.4. The Bertz CT molecular complexity index is 458. The van der Waals surface area contributed by atoms with Gasteiger partial charge in [-0.15, -0.1) is 23.1 Å². The van der Waals surface area contributed by atoms with Gasteiger partial charge in [-0.05, 0) is 17.2 Å². The third kappa shape index (κ3) is 1.43. The number of thiophene rings is 1. The first kappa shape index (κ1) is 9.23. The Kier molecular flexibility index (Phi) is 2.21. The molecule has 0 N–H and O–H groups in total. The predicted octanol–water partition coefficient (Wildman–Crippen LogP) is 1.95. The number of nitrogens with zero attached hydrogens (tertiary/aromatic N) is 1. The molecule has 2 rings (SSSR count).